The van der Waals surface area contributed by atoms with Gasteiger partial charge in [0.2, 0.25) is 0 Å². The zero-order valence-electron chi connectivity index (χ0n) is 12.9. The first kappa shape index (κ1) is 16.1. The van der Waals surface area contributed by atoms with E-state index >= 15 is 0 Å². The maximum atomic E-state index is 12.2. The molecular weight excluding hydrogens is 286 g/mol. The van der Waals surface area contributed by atoms with Crippen molar-refractivity contribution in [1.29, 1.82) is 0 Å². The fourth-order valence-corrected chi connectivity index (χ4v) is 2.42. The van der Waals surface area contributed by atoms with Gasteiger partial charge in [-0.2, -0.15) is 0 Å². The number of carboxylic acids is 1. The van der Waals surface area contributed by atoms with Crippen molar-refractivity contribution >= 4 is 11.9 Å². The van der Waals surface area contributed by atoms with Crippen molar-refractivity contribution in [1.82, 2.24) is 4.90 Å². The van der Waals surface area contributed by atoms with Crippen LogP contribution in [0.25, 0.3) is 0 Å². The summed E-state index contributed by atoms with van der Waals surface area (Å²) in [4.78, 5) is 24.9. The van der Waals surface area contributed by atoms with Gasteiger partial charge < -0.3 is 19.5 Å². The van der Waals surface area contributed by atoms with Gasteiger partial charge in [-0.3, -0.25) is 9.59 Å². The molecule has 6 nitrogen and oxygen atoms in total. The summed E-state index contributed by atoms with van der Waals surface area (Å²) in [6.07, 6.45) is 0.462. The third kappa shape index (κ3) is 3.50. The molecule has 2 rings (SSSR count). The smallest absolute Gasteiger partial charge is 0.311 e. The molecule has 1 aromatic carbocycles. The molecule has 1 aliphatic heterocycles. The van der Waals surface area contributed by atoms with Gasteiger partial charge in [0.1, 0.15) is 0 Å². The second kappa shape index (κ2) is 6.68. The Balaban J connectivity index is 1.93. The SMILES string of the molecule is CCOc1ccccc1OCC(=O)N1CC[C@@](C)(C(=O)O)C1. The van der Waals surface area contributed by atoms with E-state index in [1.54, 1.807) is 25.1 Å². The summed E-state index contributed by atoms with van der Waals surface area (Å²) in [5.74, 6) is 0.0224. The number of hydrogen-bond acceptors (Lipinski definition) is 4. The first-order chi connectivity index (χ1) is 10.5. The topological polar surface area (TPSA) is 76.1 Å². The first-order valence-electron chi connectivity index (χ1n) is 7.32. The lowest BCUT2D eigenvalue weighted by Gasteiger charge is -2.20. The highest BCUT2D eigenvalue weighted by Gasteiger charge is 2.42. The fourth-order valence-electron chi connectivity index (χ4n) is 2.42. The molecule has 1 fully saturated rings. The fraction of sp³-hybridized carbons (Fsp3) is 0.500. The van der Waals surface area contributed by atoms with Crippen molar-refractivity contribution in [2.24, 2.45) is 5.41 Å². The number of likely N-dealkylation sites (tertiary alicyclic amines) is 1. The Morgan fingerprint density at radius 1 is 1.27 bits per heavy atom. The predicted octanol–water partition coefficient (Wildman–Crippen LogP) is 1.79. The Hall–Kier alpha value is -2.24. The van der Waals surface area contributed by atoms with Crippen molar-refractivity contribution in [3.63, 3.8) is 0 Å². The molecule has 1 aliphatic rings. The lowest BCUT2D eigenvalue weighted by Crippen LogP contribution is -2.37. The van der Waals surface area contributed by atoms with Gasteiger partial charge in [0.25, 0.3) is 5.91 Å². The summed E-state index contributed by atoms with van der Waals surface area (Å²) in [7, 11) is 0. The van der Waals surface area contributed by atoms with Crippen molar-refractivity contribution in [3.8, 4) is 11.5 Å². The zero-order chi connectivity index (χ0) is 16.2. The van der Waals surface area contributed by atoms with E-state index < -0.39 is 11.4 Å². The molecule has 1 saturated heterocycles. The van der Waals surface area contributed by atoms with Gasteiger partial charge in [-0.25, -0.2) is 0 Å². The van der Waals surface area contributed by atoms with Gasteiger partial charge in [0.05, 0.1) is 12.0 Å². The van der Waals surface area contributed by atoms with Crippen molar-refractivity contribution < 1.29 is 24.2 Å². The van der Waals surface area contributed by atoms with E-state index in [4.69, 9.17) is 9.47 Å². The summed E-state index contributed by atoms with van der Waals surface area (Å²) < 4.78 is 11.0. The van der Waals surface area contributed by atoms with E-state index in [0.717, 1.165) is 0 Å². The number of benzene rings is 1. The van der Waals surface area contributed by atoms with E-state index in [1.807, 2.05) is 13.0 Å². The van der Waals surface area contributed by atoms with Crippen LogP contribution in [0.3, 0.4) is 0 Å². The minimum atomic E-state index is -0.870. The van der Waals surface area contributed by atoms with Gasteiger partial charge in [0.15, 0.2) is 18.1 Å². The molecule has 0 bridgehead atoms. The van der Waals surface area contributed by atoms with Crippen LogP contribution >= 0.6 is 0 Å². The van der Waals surface area contributed by atoms with Crippen LogP contribution in [0.5, 0.6) is 11.5 Å². The molecule has 0 radical (unpaired) electrons. The van der Waals surface area contributed by atoms with E-state index in [-0.39, 0.29) is 19.1 Å². The number of aliphatic carboxylic acids is 1. The molecule has 1 amide bonds. The number of hydrogen-bond donors (Lipinski definition) is 1. The van der Waals surface area contributed by atoms with E-state index in [0.29, 0.717) is 31.1 Å². The van der Waals surface area contributed by atoms with Crippen molar-refractivity contribution in [2.75, 3.05) is 26.3 Å². The molecule has 0 spiro atoms. The molecule has 120 valence electrons. The summed E-state index contributed by atoms with van der Waals surface area (Å²) in [6, 6.07) is 7.16. The lowest BCUT2D eigenvalue weighted by molar-refractivity contribution is -0.147. The lowest BCUT2D eigenvalue weighted by atomic mass is 9.90. The van der Waals surface area contributed by atoms with Gasteiger partial charge >= 0.3 is 5.97 Å². The normalized spacial score (nSPS) is 20.7. The van der Waals surface area contributed by atoms with Gasteiger partial charge in [-0.1, -0.05) is 12.1 Å². The number of para-hydroxylation sites is 2. The summed E-state index contributed by atoms with van der Waals surface area (Å²) in [5.41, 5.74) is -0.862. The van der Waals surface area contributed by atoms with Crippen LogP contribution in [0.2, 0.25) is 0 Å². The molecule has 1 atom stereocenters. The van der Waals surface area contributed by atoms with Crippen LogP contribution in [-0.4, -0.2) is 48.2 Å². The summed E-state index contributed by atoms with van der Waals surface area (Å²) in [5, 5.41) is 9.19. The number of ether oxygens (including phenoxy) is 2. The Kier molecular flexibility index (Phi) is 4.90. The Bertz CT molecular complexity index is 559. The molecule has 0 saturated carbocycles. The van der Waals surface area contributed by atoms with Gasteiger partial charge in [0, 0.05) is 13.1 Å². The van der Waals surface area contributed by atoms with Crippen LogP contribution in [0.15, 0.2) is 24.3 Å². The predicted molar refractivity (Wildman–Crippen MR) is 80.0 cm³/mol. The summed E-state index contributed by atoms with van der Waals surface area (Å²) in [6.45, 7) is 4.58. The monoisotopic (exact) mass is 307 g/mol. The van der Waals surface area contributed by atoms with Crippen molar-refractivity contribution in [2.45, 2.75) is 20.3 Å². The van der Waals surface area contributed by atoms with Crippen LogP contribution < -0.4 is 9.47 Å². The highest BCUT2D eigenvalue weighted by Crippen LogP contribution is 2.30. The van der Waals surface area contributed by atoms with Crippen LogP contribution in [0.1, 0.15) is 20.3 Å². The summed E-state index contributed by atoms with van der Waals surface area (Å²) >= 11 is 0. The Morgan fingerprint density at radius 2 is 1.91 bits per heavy atom. The molecule has 0 unspecified atom stereocenters. The number of carbonyl (C=O) groups is 2. The largest absolute Gasteiger partial charge is 0.490 e. The Labute approximate surface area is 129 Å². The van der Waals surface area contributed by atoms with E-state index in [1.165, 1.54) is 4.90 Å². The van der Waals surface area contributed by atoms with Crippen LogP contribution in [0.4, 0.5) is 0 Å². The molecule has 1 heterocycles. The molecular formula is C16H21NO5. The number of nitrogens with zero attached hydrogens (tertiary/aromatic N) is 1. The van der Waals surface area contributed by atoms with E-state index in [2.05, 4.69) is 0 Å². The zero-order valence-corrected chi connectivity index (χ0v) is 12.9. The number of carboxylic acid groups (broad SMARTS) is 1. The maximum absolute atomic E-state index is 12.2. The standard InChI is InChI=1S/C16H21NO5/c1-3-21-12-6-4-5-7-13(12)22-10-14(18)17-9-8-16(2,11-17)15(19)20/h4-7H,3,8-11H2,1-2H3,(H,19,20)/t16-/m1/s1. The Morgan fingerprint density at radius 3 is 2.45 bits per heavy atom. The highest BCUT2D eigenvalue weighted by molar-refractivity contribution is 5.81. The number of amides is 1. The van der Waals surface area contributed by atoms with E-state index in [9.17, 15) is 14.7 Å². The highest BCUT2D eigenvalue weighted by atomic mass is 16.5. The minimum absolute atomic E-state index is 0.125. The molecule has 22 heavy (non-hydrogen) atoms. The third-order valence-corrected chi connectivity index (χ3v) is 3.84. The van der Waals surface area contributed by atoms with Crippen molar-refractivity contribution in [3.05, 3.63) is 24.3 Å². The van der Waals surface area contributed by atoms with Gasteiger partial charge in [-0.05, 0) is 32.4 Å². The number of carbonyl (C=O) groups excluding carboxylic acids is 1. The molecule has 0 aliphatic carbocycles. The minimum Gasteiger partial charge on any atom is -0.490 e. The number of rotatable bonds is 6. The average molecular weight is 307 g/mol. The third-order valence-electron chi connectivity index (χ3n) is 3.84. The average Bonchev–Trinajstić information content (AvgIpc) is 2.90. The quantitative estimate of drug-likeness (QED) is 0.867. The second-order valence-corrected chi connectivity index (χ2v) is 5.60. The molecule has 1 N–H and O–H groups in total. The molecule has 1 aromatic rings. The maximum Gasteiger partial charge on any atom is 0.311 e. The van der Waals surface area contributed by atoms with Crippen LogP contribution in [-0.2, 0) is 9.59 Å². The molecule has 0 aromatic heterocycles. The van der Waals surface area contributed by atoms with Gasteiger partial charge in [-0.15, -0.1) is 0 Å². The second-order valence-electron chi connectivity index (χ2n) is 5.60. The van der Waals surface area contributed by atoms with Crippen LogP contribution in [0, 0.1) is 5.41 Å². The first-order valence-corrected chi connectivity index (χ1v) is 7.32. The molecule has 6 heteroatoms.